The first-order valence-electron chi connectivity index (χ1n) is 10.5. The van der Waals surface area contributed by atoms with Crippen molar-refractivity contribution in [2.75, 3.05) is 11.5 Å². The number of anilines is 1. The molecule has 0 saturated carbocycles. The molecule has 1 aliphatic heterocycles. The van der Waals surface area contributed by atoms with Crippen LogP contribution in [0.4, 0.5) is 5.69 Å². The third-order valence-corrected chi connectivity index (χ3v) is 5.95. The lowest BCUT2D eigenvalue weighted by Crippen LogP contribution is -2.29. The first-order valence-corrected chi connectivity index (χ1v) is 10.9. The number of carbonyl (C=O) groups excluding carboxylic acids is 1. The molecular weight excluding hydrogens is 442 g/mol. The van der Waals surface area contributed by atoms with Gasteiger partial charge >= 0.3 is 0 Å². The Morgan fingerprint density at radius 2 is 1.91 bits per heavy atom. The molecule has 5 rings (SSSR count). The first kappa shape index (κ1) is 21.1. The van der Waals surface area contributed by atoms with E-state index in [0.717, 1.165) is 5.56 Å². The number of fused-ring (bicyclic) bond motifs is 2. The molecule has 1 aliphatic rings. The minimum atomic E-state index is -0.785. The van der Waals surface area contributed by atoms with Crippen molar-refractivity contribution in [3.05, 3.63) is 98.4 Å². The standard InChI is InChI=1S/C26H20ClNO5/c1-3-32-21-12-15(8-9-19(21)29)23-22-24(30)18-11-14(2)7-10-20(18)33-25(22)26(31)28(23)17-6-4-5-16(27)13-17/h4-13,23,29H,3H2,1-2H3. The van der Waals surface area contributed by atoms with E-state index in [4.69, 9.17) is 20.8 Å². The molecule has 7 heteroatoms. The lowest BCUT2D eigenvalue weighted by molar-refractivity contribution is 0.0971. The Bertz CT molecular complexity index is 1480. The van der Waals surface area contributed by atoms with Crippen molar-refractivity contribution in [3.63, 3.8) is 0 Å². The van der Waals surface area contributed by atoms with Crippen LogP contribution >= 0.6 is 11.6 Å². The number of carbonyl (C=O) groups is 1. The number of phenols is 1. The van der Waals surface area contributed by atoms with Gasteiger partial charge in [-0.1, -0.05) is 35.4 Å². The second-order valence-electron chi connectivity index (χ2n) is 7.89. The summed E-state index contributed by atoms with van der Waals surface area (Å²) < 4.78 is 11.5. The van der Waals surface area contributed by atoms with Gasteiger partial charge in [0.1, 0.15) is 5.58 Å². The van der Waals surface area contributed by atoms with E-state index in [1.54, 1.807) is 48.5 Å². The number of aryl methyl sites for hydroxylation is 1. The van der Waals surface area contributed by atoms with Crippen LogP contribution in [0, 0.1) is 6.92 Å². The molecule has 1 amide bonds. The van der Waals surface area contributed by atoms with Crippen molar-refractivity contribution in [3.8, 4) is 11.5 Å². The summed E-state index contributed by atoms with van der Waals surface area (Å²) in [5.74, 6) is -0.209. The SMILES string of the molecule is CCOc1cc(C2c3c(oc4ccc(C)cc4c3=O)C(=O)N2c2cccc(Cl)c2)ccc1O. The van der Waals surface area contributed by atoms with Gasteiger partial charge in [0, 0.05) is 10.7 Å². The van der Waals surface area contributed by atoms with E-state index in [0.29, 0.717) is 33.8 Å². The number of nitrogens with zero attached hydrogens (tertiary/aromatic N) is 1. The second-order valence-corrected chi connectivity index (χ2v) is 8.33. The average molecular weight is 462 g/mol. The van der Waals surface area contributed by atoms with E-state index in [1.807, 2.05) is 19.9 Å². The van der Waals surface area contributed by atoms with E-state index in [9.17, 15) is 14.7 Å². The van der Waals surface area contributed by atoms with Gasteiger partial charge in [0.2, 0.25) is 5.76 Å². The van der Waals surface area contributed by atoms with Crippen LogP contribution in [0.3, 0.4) is 0 Å². The van der Waals surface area contributed by atoms with Gasteiger partial charge in [-0.3, -0.25) is 14.5 Å². The van der Waals surface area contributed by atoms with Crippen molar-refractivity contribution in [1.29, 1.82) is 0 Å². The Morgan fingerprint density at radius 1 is 1.09 bits per heavy atom. The van der Waals surface area contributed by atoms with Gasteiger partial charge in [-0.25, -0.2) is 0 Å². The van der Waals surface area contributed by atoms with E-state index < -0.39 is 11.9 Å². The Hall–Kier alpha value is -3.77. The van der Waals surface area contributed by atoms with E-state index in [2.05, 4.69) is 0 Å². The molecule has 0 saturated heterocycles. The molecule has 1 unspecified atom stereocenters. The summed E-state index contributed by atoms with van der Waals surface area (Å²) in [7, 11) is 0. The number of phenolic OH excluding ortho intramolecular Hbond substituents is 1. The van der Waals surface area contributed by atoms with E-state index >= 15 is 0 Å². The van der Waals surface area contributed by atoms with Gasteiger partial charge in [-0.05, 0) is 61.9 Å². The van der Waals surface area contributed by atoms with Crippen molar-refractivity contribution in [1.82, 2.24) is 0 Å². The maximum Gasteiger partial charge on any atom is 0.295 e. The van der Waals surface area contributed by atoms with Gasteiger partial charge in [-0.2, -0.15) is 0 Å². The molecule has 0 radical (unpaired) electrons. The van der Waals surface area contributed by atoms with Crippen molar-refractivity contribution < 1.29 is 19.1 Å². The zero-order chi connectivity index (χ0) is 23.3. The normalized spacial score (nSPS) is 15.2. The Labute approximate surface area is 194 Å². The highest BCUT2D eigenvalue weighted by Crippen LogP contribution is 2.43. The number of benzene rings is 3. The fourth-order valence-corrected chi connectivity index (χ4v) is 4.45. The largest absolute Gasteiger partial charge is 0.504 e. The predicted octanol–water partition coefficient (Wildman–Crippen LogP) is 5.61. The molecule has 0 spiro atoms. The maximum atomic E-state index is 13.7. The zero-order valence-corrected chi connectivity index (χ0v) is 18.7. The molecule has 0 bridgehead atoms. The summed E-state index contributed by atoms with van der Waals surface area (Å²) in [4.78, 5) is 28.8. The predicted molar refractivity (Wildman–Crippen MR) is 127 cm³/mol. The second kappa shape index (κ2) is 7.98. The lowest BCUT2D eigenvalue weighted by atomic mass is 9.97. The van der Waals surface area contributed by atoms with Crippen molar-refractivity contribution in [2.45, 2.75) is 19.9 Å². The van der Waals surface area contributed by atoms with Crippen LogP contribution in [0.2, 0.25) is 5.02 Å². The van der Waals surface area contributed by atoms with Crippen LogP contribution in [0.5, 0.6) is 11.5 Å². The zero-order valence-electron chi connectivity index (χ0n) is 18.0. The van der Waals surface area contributed by atoms with Gasteiger partial charge in [0.05, 0.1) is 23.6 Å². The fraction of sp³-hybridized carbons (Fsp3) is 0.154. The summed E-state index contributed by atoms with van der Waals surface area (Å²) in [5, 5.41) is 11.1. The molecule has 33 heavy (non-hydrogen) atoms. The van der Waals surface area contributed by atoms with Crippen LogP contribution in [0.25, 0.3) is 11.0 Å². The molecule has 1 aromatic heterocycles. The molecule has 4 aromatic rings. The smallest absolute Gasteiger partial charge is 0.295 e. The van der Waals surface area contributed by atoms with Crippen LogP contribution in [0.15, 0.2) is 69.9 Å². The minimum Gasteiger partial charge on any atom is -0.504 e. The molecule has 0 aliphatic carbocycles. The minimum absolute atomic E-state index is 0.00707. The maximum absolute atomic E-state index is 13.7. The Kier molecular flexibility index (Phi) is 5.10. The third-order valence-electron chi connectivity index (χ3n) is 5.71. The number of aromatic hydroxyl groups is 1. The molecule has 2 heterocycles. The van der Waals surface area contributed by atoms with Gasteiger partial charge in [0.25, 0.3) is 5.91 Å². The van der Waals surface area contributed by atoms with E-state index in [1.165, 1.54) is 11.0 Å². The van der Waals surface area contributed by atoms with Gasteiger partial charge in [0.15, 0.2) is 16.9 Å². The highest BCUT2D eigenvalue weighted by Gasteiger charge is 2.44. The van der Waals surface area contributed by atoms with Crippen LogP contribution < -0.4 is 15.1 Å². The number of rotatable bonds is 4. The molecule has 1 N–H and O–H groups in total. The Morgan fingerprint density at radius 3 is 2.67 bits per heavy atom. The molecule has 166 valence electrons. The third kappa shape index (κ3) is 3.43. The van der Waals surface area contributed by atoms with E-state index in [-0.39, 0.29) is 28.3 Å². The quantitative estimate of drug-likeness (QED) is 0.427. The molecule has 3 aromatic carbocycles. The summed E-state index contributed by atoms with van der Waals surface area (Å²) in [6.45, 7) is 4.05. The molecule has 6 nitrogen and oxygen atoms in total. The number of amides is 1. The van der Waals surface area contributed by atoms with Crippen LogP contribution in [-0.2, 0) is 0 Å². The summed E-state index contributed by atoms with van der Waals surface area (Å²) in [6.07, 6.45) is 0. The highest BCUT2D eigenvalue weighted by atomic mass is 35.5. The monoisotopic (exact) mass is 461 g/mol. The molecular formula is C26H20ClNO5. The molecule has 1 atom stereocenters. The van der Waals surface area contributed by atoms with Crippen LogP contribution in [0.1, 0.15) is 40.2 Å². The number of ether oxygens (including phenoxy) is 1. The topological polar surface area (TPSA) is 80.0 Å². The van der Waals surface area contributed by atoms with Gasteiger partial charge < -0.3 is 14.3 Å². The fourth-order valence-electron chi connectivity index (χ4n) is 4.27. The van der Waals surface area contributed by atoms with Crippen molar-refractivity contribution in [2.24, 2.45) is 0 Å². The molecule has 0 fully saturated rings. The summed E-state index contributed by atoms with van der Waals surface area (Å²) in [5.41, 5.74) is 2.35. The number of hydrogen-bond donors (Lipinski definition) is 1. The number of hydrogen-bond acceptors (Lipinski definition) is 5. The highest BCUT2D eigenvalue weighted by molar-refractivity contribution is 6.31. The first-order chi connectivity index (χ1) is 15.9. The average Bonchev–Trinajstić information content (AvgIpc) is 3.08. The summed E-state index contributed by atoms with van der Waals surface area (Å²) >= 11 is 6.22. The summed E-state index contributed by atoms with van der Waals surface area (Å²) in [6, 6.07) is 16.2. The van der Waals surface area contributed by atoms with Crippen molar-refractivity contribution >= 4 is 34.2 Å². The Balaban J connectivity index is 1.81. The number of halogens is 1. The van der Waals surface area contributed by atoms with Crippen LogP contribution in [-0.4, -0.2) is 17.6 Å². The van der Waals surface area contributed by atoms with Gasteiger partial charge in [-0.15, -0.1) is 0 Å². The lowest BCUT2D eigenvalue weighted by Gasteiger charge is -2.26.